The Balaban J connectivity index is 2.10. The minimum Gasteiger partial charge on any atom is -0.449 e. The van der Waals surface area contributed by atoms with Crippen LogP contribution in [-0.2, 0) is 4.74 Å². The van der Waals surface area contributed by atoms with Crippen molar-refractivity contribution in [3.63, 3.8) is 0 Å². The molecule has 0 aromatic heterocycles. The lowest BCUT2D eigenvalue weighted by Gasteiger charge is -2.14. The number of amides is 1. The van der Waals surface area contributed by atoms with Gasteiger partial charge in [0.15, 0.2) is 0 Å². The predicted octanol–water partition coefficient (Wildman–Crippen LogP) is 0.568. The van der Waals surface area contributed by atoms with Crippen molar-refractivity contribution in [1.29, 1.82) is 0 Å². The van der Waals surface area contributed by atoms with Gasteiger partial charge in [-0.25, -0.2) is 4.79 Å². The van der Waals surface area contributed by atoms with E-state index >= 15 is 0 Å². The molecule has 0 unspecified atom stereocenters. The van der Waals surface area contributed by atoms with Crippen LogP contribution in [0.25, 0.3) is 0 Å². The standard InChI is InChI=1S/C8H16N2O2/c9-4-3-7-12-8(11)10-5-1-2-6-10/h1-7,9H2. The molecule has 1 rings (SSSR count). The predicted molar refractivity (Wildman–Crippen MR) is 45.8 cm³/mol. The molecule has 0 aromatic carbocycles. The van der Waals surface area contributed by atoms with Crippen LogP contribution in [0.15, 0.2) is 0 Å². The van der Waals surface area contributed by atoms with Gasteiger partial charge in [0.1, 0.15) is 0 Å². The van der Waals surface area contributed by atoms with Gasteiger partial charge in [0.25, 0.3) is 0 Å². The molecule has 0 saturated carbocycles. The molecule has 1 aliphatic rings. The fourth-order valence-electron chi connectivity index (χ4n) is 1.23. The molecule has 0 aliphatic carbocycles. The molecule has 1 saturated heterocycles. The number of carbonyl (C=O) groups is 1. The van der Waals surface area contributed by atoms with Gasteiger partial charge in [-0.15, -0.1) is 0 Å². The molecule has 1 heterocycles. The fraction of sp³-hybridized carbons (Fsp3) is 0.875. The van der Waals surface area contributed by atoms with Gasteiger partial charge in [0.05, 0.1) is 6.61 Å². The summed E-state index contributed by atoms with van der Waals surface area (Å²) in [5, 5.41) is 0. The van der Waals surface area contributed by atoms with Gasteiger partial charge in [-0.3, -0.25) is 0 Å². The Kier molecular flexibility index (Phi) is 3.87. The van der Waals surface area contributed by atoms with Crippen LogP contribution in [0.2, 0.25) is 0 Å². The summed E-state index contributed by atoms with van der Waals surface area (Å²) in [5.74, 6) is 0. The summed E-state index contributed by atoms with van der Waals surface area (Å²) in [7, 11) is 0. The number of likely N-dealkylation sites (tertiary alicyclic amines) is 1. The third-order valence-electron chi connectivity index (χ3n) is 1.94. The first-order valence-corrected chi connectivity index (χ1v) is 4.46. The third-order valence-corrected chi connectivity index (χ3v) is 1.94. The summed E-state index contributed by atoms with van der Waals surface area (Å²) < 4.78 is 4.97. The van der Waals surface area contributed by atoms with Crippen molar-refractivity contribution < 1.29 is 9.53 Å². The highest BCUT2D eigenvalue weighted by Crippen LogP contribution is 2.08. The van der Waals surface area contributed by atoms with Gasteiger partial charge >= 0.3 is 6.09 Å². The van der Waals surface area contributed by atoms with E-state index < -0.39 is 0 Å². The minimum absolute atomic E-state index is 0.180. The average Bonchev–Trinajstić information content (AvgIpc) is 2.56. The molecule has 1 amide bonds. The lowest BCUT2D eigenvalue weighted by molar-refractivity contribution is 0.110. The normalized spacial score (nSPS) is 16.6. The Bertz CT molecular complexity index is 144. The molecule has 4 nitrogen and oxygen atoms in total. The smallest absolute Gasteiger partial charge is 0.409 e. The molecule has 0 atom stereocenters. The summed E-state index contributed by atoms with van der Waals surface area (Å²) in [6, 6.07) is 0. The second-order valence-electron chi connectivity index (χ2n) is 2.95. The van der Waals surface area contributed by atoms with E-state index in [0.717, 1.165) is 32.4 Å². The molecule has 0 aromatic rings. The number of ether oxygens (including phenoxy) is 1. The van der Waals surface area contributed by atoms with Crippen LogP contribution >= 0.6 is 0 Å². The summed E-state index contributed by atoms with van der Waals surface area (Å²) in [6.07, 6.45) is 2.78. The van der Waals surface area contributed by atoms with Crippen LogP contribution in [0.4, 0.5) is 4.79 Å². The van der Waals surface area contributed by atoms with E-state index in [1.54, 1.807) is 4.90 Å². The quantitative estimate of drug-likeness (QED) is 0.633. The van der Waals surface area contributed by atoms with Gasteiger partial charge in [-0.1, -0.05) is 0 Å². The van der Waals surface area contributed by atoms with Crippen molar-refractivity contribution in [3.05, 3.63) is 0 Å². The molecule has 4 heteroatoms. The second kappa shape index (κ2) is 4.98. The zero-order chi connectivity index (χ0) is 8.81. The fourth-order valence-corrected chi connectivity index (χ4v) is 1.23. The van der Waals surface area contributed by atoms with Gasteiger partial charge < -0.3 is 15.4 Å². The maximum absolute atomic E-state index is 11.2. The number of nitrogens with two attached hydrogens (primary N) is 1. The second-order valence-corrected chi connectivity index (χ2v) is 2.95. The lowest BCUT2D eigenvalue weighted by Crippen LogP contribution is -2.28. The molecular weight excluding hydrogens is 156 g/mol. The first kappa shape index (κ1) is 9.32. The van der Waals surface area contributed by atoms with E-state index in [1.165, 1.54) is 0 Å². The Morgan fingerprint density at radius 3 is 2.67 bits per heavy atom. The number of hydrogen-bond donors (Lipinski definition) is 1. The van der Waals surface area contributed by atoms with Crippen LogP contribution < -0.4 is 5.73 Å². The first-order chi connectivity index (χ1) is 5.84. The highest BCUT2D eigenvalue weighted by molar-refractivity contribution is 5.67. The van der Waals surface area contributed by atoms with E-state index in [4.69, 9.17) is 10.5 Å². The molecule has 1 aliphatic heterocycles. The lowest BCUT2D eigenvalue weighted by atomic mass is 10.4. The largest absolute Gasteiger partial charge is 0.449 e. The van der Waals surface area contributed by atoms with E-state index in [0.29, 0.717) is 13.2 Å². The van der Waals surface area contributed by atoms with E-state index in [2.05, 4.69) is 0 Å². The molecule has 12 heavy (non-hydrogen) atoms. The Morgan fingerprint density at radius 1 is 1.42 bits per heavy atom. The zero-order valence-corrected chi connectivity index (χ0v) is 7.29. The van der Waals surface area contributed by atoms with E-state index in [-0.39, 0.29) is 6.09 Å². The molecule has 0 bridgehead atoms. The van der Waals surface area contributed by atoms with Gasteiger partial charge in [-0.2, -0.15) is 0 Å². The highest BCUT2D eigenvalue weighted by atomic mass is 16.6. The maximum Gasteiger partial charge on any atom is 0.409 e. The zero-order valence-electron chi connectivity index (χ0n) is 7.29. The average molecular weight is 172 g/mol. The minimum atomic E-state index is -0.180. The van der Waals surface area contributed by atoms with Gasteiger partial charge in [0.2, 0.25) is 0 Å². The molecular formula is C8H16N2O2. The summed E-state index contributed by atoms with van der Waals surface area (Å²) in [5.41, 5.74) is 5.26. The van der Waals surface area contributed by atoms with Crippen LogP contribution in [0.3, 0.4) is 0 Å². The molecule has 0 radical (unpaired) electrons. The van der Waals surface area contributed by atoms with Crippen molar-refractivity contribution in [2.24, 2.45) is 5.73 Å². The SMILES string of the molecule is NCCCOC(=O)N1CCCC1. The molecule has 0 spiro atoms. The Labute approximate surface area is 72.7 Å². The molecule has 70 valence electrons. The van der Waals surface area contributed by atoms with Gasteiger partial charge in [-0.05, 0) is 25.8 Å². The Hall–Kier alpha value is -0.770. The van der Waals surface area contributed by atoms with Crippen LogP contribution in [0.5, 0.6) is 0 Å². The number of rotatable bonds is 3. The Morgan fingerprint density at radius 2 is 2.08 bits per heavy atom. The van der Waals surface area contributed by atoms with E-state index in [9.17, 15) is 4.79 Å². The van der Waals surface area contributed by atoms with Crippen molar-refractivity contribution in [2.75, 3.05) is 26.2 Å². The van der Waals surface area contributed by atoms with Crippen molar-refractivity contribution >= 4 is 6.09 Å². The topological polar surface area (TPSA) is 55.6 Å². The highest BCUT2D eigenvalue weighted by Gasteiger charge is 2.18. The monoisotopic (exact) mass is 172 g/mol. The van der Waals surface area contributed by atoms with Gasteiger partial charge in [0, 0.05) is 13.1 Å². The number of carbonyl (C=O) groups excluding carboxylic acids is 1. The summed E-state index contributed by atoms with van der Waals surface area (Å²) in [4.78, 5) is 12.9. The van der Waals surface area contributed by atoms with Crippen LogP contribution in [-0.4, -0.2) is 37.2 Å². The molecule has 2 N–H and O–H groups in total. The van der Waals surface area contributed by atoms with Crippen molar-refractivity contribution in [2.45, 2.75) is 19.3 Å². The van der Waals surface area contributed by atoms with Crippen molar-refractivity contribution in [1.82, 2.24) is 4.90 Å². The van der Waals surface area contributed by atoms with Crippen LogP contribution in [0, 0.1) is 0 Å². The molecule has 1 fully saturated rings. The first-order valence-electron chi connectivity index (χ1n) is 4.46. The summed E-state index contributed by atoms with van der Waals surface area (Å²) in [6.45, 7) is 2.72. The van der Waals surface area contributed by atoms with E-state index in [1.807, 2.05) is 0 Å². The van der Waals surface area contributed by atoms with Crippen LogP contribution in [0.1, 0.15) is 19.3 Å². The summed E-state index contributed by atoms with van der Waals surface area (Å²) >= 11 is 0. The number of nitrogens with zero attached hydrogens (tertiary/aromatic N) is 1. The third kappa shape index (κ3) is 2.70. The maximum atomic E-state index is 11.2. The van der Waals surface area contributed by atoms with Crippen molar-refractivity contribution in [3.8, 4) is 0 Å². The number of hydrogen-bond acceptors (Lipinski definition) is 3.